The zero-order chi connectivity index (χ0) is 47.9. The fourth-order valence-electron chi connectivity index (χ4n) is 7.22. The lowest BCUT2D eigenvalue weighted by Crippen LogP contribution is -2.45. The summed E-state index contributed by atoms with van der Waals surface area (Å²) < 4.78 is 20.9. The molecule has 2 aliphatic heterocycles. The Morgan fingerprint density at radius 1 is 0.821 bits per heavy atom. The Morgan fingerprint density at radius 2 is 1.40 bits per heavy atom. The number of carboxylic acids is 2. The van der Waals surface area contributed by atoms with E-state index in [-0.39, 0.29) is 30.2 Å². The number of ether oxygens (including phenoxy) is 1. The molecule has 2 unspecified atom stereocenters. The van der Waals surface area contributed by atoms with E-state index in [1.54, 1.807) is 35.3 Å². The second-order valence-electron chi connectivity index (χ2n) is 16.1. The number of nitrogens with zero attached hydrogens (tertiary/aromatic N) is 8. The summed E-state index contributed by atoms with van der Waals surface area (Å²) in [6, 6.07) is 22.3. The Labute approximate surface area is 396 Å². The fourth-order valence-corrected chi connectivity index (χ4v) is 8.26. The molecule has 4 heterocycles. The third-order valence-electron chi connectivity index (χ3n) is 11.2. The average Bonchev–Trinajstić information content (AvgIpc) is 3.33. The smallest absolute Gasteiger partial charge is 0.335 e. The van der Waals surface area contributed by atoms with Crippen molar-refractivity contribution in [2.24, 2.45) is 0 Å². The molecule has 5 aromatic rings. The number of aliphatic hydroxyl groups is 2. The number of likely N-dealkylation sites (N-methyl/N-ethyl adjacent to an activating group) is 1. The van der Waals surface area contributed by atoms with Crippen LogP contribution in [0.4, 0.5) is 10.3 Å². The maximum Gasteiger partial charge on any atom is 0.335 e. The van der Waals surface area contributed by atoms with Gasteiger partial charge in [-0.3, -0.25) is 9.59 Å². The lowest BCUT2D eigenvalue weighted by Gasteiger charge is -2.33. The van der Waals surface area contributed by atoms with E-state index in [0.29, 0.717) is 53.7 Å². The van der Waals surface area contributed by atoms with Crippen molar-refractivity contribution in [2.45, 2.75) is 49.0 Å². The number of carbonyl (C=O) groups excluding carboxylic acids is 1. The van der Waals surface area contributed by atoms with Gasteiger partial charge < -0.3 is 49.3 Å². The number of hydrogen-bond donors (Lipinski definition) is 4. The Balaban J connectivity index is 0.000000664. The lowest BCUT2D eigenvalue weighted by molar-refractivity contribution is -0.165. The molecule has 356 valence electrons. The molecule has 0 aliphatic carbocycles. The Kier molecular flexibility index (Phi) is 18.7. The van der Waals surface area contributed by atoms with Crippen molar-refractivity contribution in [1.29, 1.82) is 0 Å². The molecule has 3 aromatic carbocycles. The Morgan fingerprint density at radius 3 is 2.00 bits per heavy atom. The van der Waals surface area contributed by atoms with Gasteiger partial charge in [-0.1, -0.05) is 71.9 Å². The number of morpholine rings is 1. The van der Waals surface area contributed by atoms with Gasteiger partial charge in [0.25, 0.3) is 5.56 Å². The molecule has 4 N–H and O–H groups in total. The number of thioether (sulfide) groups is 1. The predicted octanol–water partition coefficient (Wildman–Crippen LogP) is 3.76. The minimum atomic E-state index is -2.27. The number of piperazine rings is 1. The molecule has 0 spiro atoms. The zero-order valence-electron chi connectivity index (χ0n) is 37.0. The highest BCUT2D eigenvalue weighted by Crippen LogP contribution is 2.24. The number of halogens is 2. The van der Waals surface area contributed by atoms with E-state index in [1.165, 1.54) is 23.9 Å². The number of hydrogen-bond acceptors (Lipinski definition) is 14. The van der Waals surface area contributed by atoms with Crippen LogP contribution in [0.1, 0.15) is 28.7 Å². The minimum absolute atomic E-state index is 0.00410. The Bertz CT molecular complexity index is 2440. The molecule has 0 radical (unpaired) electrons. The van der Waals surface area contributed by atoms with Crippen molar-refractivity contribution < 1.29 is 43.9 Å². The number of carbonyl (C=O) groups is 3. The van der Waals surface area contributed by atoms with E-state index in [1.807, 2.05) is 29.2 Å². The van der Waals surface area contributed by atoms with Gasteiger partial charge >= 0.3 is 11.9 Å². The number of aliphatic hydroxyl groups excluding tert-OH is 2. The lowest BCUT2D eigenvalue weighted by atomic mass is 10.0. The number of amides is 1. The van der Waals surface area contributed by atoms with Crippen molar-refractivity contribution in [1.82, 2.24) is 34.2 Å². The minimum Gasteiger partial charge on any atom is -0.479 e. The van der Waals surface area contributed by atoms with E-state index < -0.39 is 24.1 Å². The summed E-state index contributed by atoms with van der Waals surface area (Å²) in [6.07, 6.45) is 1.79. The maximum absolute atomic E-state index is 14.5. The number of aliphatic carboxylic acids is 2. The van der Waals surface area contributed by atoms with Gasteiger partial charge in [0.2, 0.25) is 11.9 Å². The number of aromatic nitrogens is 4. The van der Waals surface area contributed by atoms with Crippen LogP contribution in [0.5, 0.6) is 0 Å². The molecule has 2 atom stereocenters. The molecular formula is C47H54ClFN8O9S. The summed E-state index contributed by atoms with van der Waals surface area (Å²) in [5.41, 5.74) is 4.87. The molecule has 7 rings (SSSR count). The van der Waals surface area contributed by atoms with Gasteiger partial charge in [-0.25, -0.2) is 23.9 Å². The average molecular weight is 962 g/mol. The van der Waals surface area contributed by atoms with Crippen LogP contribution in [0, 0.1) is 5.82 Å². The topological polar surface area (TPSA) is 215 Å². The van der Waals surface area contributed by atoms with Crippen LogP contribution >= 0.6 is 23.4 Å². The van der Waals surface area contributed by atoms with E-state index >= 15 is 0 Å². The summed E-state index contributed by atoms with van der Waals surface area (Å²) in [4.78, 5) is 70.0. The van der Waals surface area contributed by atoms with Gasteiger partial charge in [0.1, 0.15) is 12.4 Å². The van der Waals surface area contributed by atoms with Gasteiger partial charge in [-0.2, -0.15) is 4.98 Å². The number of rotatable bonds is 18. The highest BCUT2D eigenvalue weighted by atomic mass is 35.5. The van der Waals surface area contributed by atoms with E-state index in [2.05, 4.69) is 61.0 Å². The molecule has 1 amide bonds. The third-order valence-corrected chi connectivity index (χ3v) is 12.5. The largest absolute Gasteiger partial charge is 0.479 e. The highest BCUT2D eigenvalue weighted by Gasteiger charge is 2.29. The molecule has 2 aromatic heterocycles. The highest BCUT2D eigenvalue weighted by molar-refractivity contribution is 7.98. The third kappa shape index (κ3) is 15.4. The zero-order valence-corrected chi connectivity index (χ0v) is 38.6. The SMILES string of the molecule is CN1CCN(CCCN(Cc2ccc(-c3ccc(Cl)cc3)cc2)C(=O)Cn2cc(Cc3cnc(N4CCOCC4)nc3)c(=O)nc2SCc2ccc(F)cc2)CC1.O=C(O)C(O)C(O)C(=O)O. The summed E-state index contributed by atoms with van der Waals surface area (Å²) >= 11 is 7.47. The van der Waals surface area contributed by atoms with Crippen LogP contribution in [0.2, 0.25) is 5.02 Å². The van der Waals surface area contributed by atoms with Crippen molar-refractivity contribution in [3.63, 3.8) is 0 Å². The summed E-state index contributed by atoms with van der Waals surface area (Å²) in [5.74, 6) is -2.85. The van der Waals surface area contributed by atoms with Crippen molar-refractivity contribution >= 4 is 47.2 Å². The van der Waals surface area contributed by atoms with Crippen LogP contribution in [-0.2, 0) is 44.4 Å². The second-order valence-corrected chi connectivity index (χ2v) is 17.5. The van der Waals surface area contributed by atoms with Gasteiger partial charge in [0, 0.05) is 93.7 Å². The first-order chi connectivity index (χ1) is 32.2. The molecule has 2 saturated heterocycles. The van der Waals surface area contributed by atoms with Gasteiger partial charge in [0.05, 0.1) is 13.2 Å². The van der Waals surface area contributed by atoms with Crippen LogP contribution in [0.15, 0.2) is 101 Å². The van der Waals surface area contributed by atoms with E-state index in [0.717, 1.165) is 80.1 Å². The van der Waals surface area contributed by atoms with E-state index in [9.17, 15) is 23.6 Å². The summed E-state index contributed by atoms with van der Waals surface area (Å²) in [5, 5.41) is 33.6. The monoisotopic (exact) mass is 960 g/mol. The number of anilines is 1. The first-order valence-electron chi connectivity index (χ1n) is 21.7. The number of carboxylic acid groups (broad SMARTS) is 2. The summed E-state index contributed by atoms with van der Waals surface area (Å²) in [7, 11) is 2.15. The first kappa shape index (κ1) is 50.6. The van der Waals surface area contributed by atoms with Crippen LogP contribution in [0.25, 0.3) is 11.1 Å². The Hall–Kier alpha value is -5.80. The molecule has 2 aliphatic rings. The standard InChI is InChI=1S/C43H48ClFN8O3S.C4H6O6/c1-49-17-19-50(20-18-49)15-2-16-52(28-32-3-7-35(8-4-32)36-9-11-38(44)12-10-36)40(54)30-53-29-37(25-34-26-46-42(47-27-34)51-21-23-56-24-22-51)41(55)48-43(53)57-31-33-5-13-39(45)14-6-33;5-1(3(7)8)2(6)4(9)10/h3-14,26-27,29H,2,15-25,28,30-31H2,1H3;1-2,5-6H,(H,7,8)(H,9,10). The first-order valence-corrected chi connectivity index (χ1v) is 23.0. The quantitative estimate of drug-likeness (QED) is 0.0727. The molecule has 2 fully saturated rings. The summed E-state index contributed by atoms with van der Waals surface area (Å²) in [6.45, 7) is 8.72. The van der Waals surface area contributed by atoms with Crippen LogP contribution < -0.4 is 10.5 Å². The normalized spacial score (nSPS) is 15.3. The molecule has 0 bridgehead atoms. The number of benzene rings is 3. The van der Waals surface area contributed by atoms with Crippen molar-refractivity contribution in [3.05, 3.63) is 135 Å². The van der Waals surface area contributed by atoms with Crippen molar-refractivity contribution in [2.75, 3.05) is 77.5 Å². The van der Waals surface area contributed by atoms with E-state index in [4.69, 9.17) is 36.8 Å². The molecule has 0 saturated carbocycles. The molecule has 17 nitrogen and oxygen atoms in total. The van der Waals surface area contributed by atoms with Gasteiger partial charge in [-0.05, 0) is 72.1 Å². The second kappa shape index (κ2) is 24.8. The predicted molar refractivity (Wildman–Crippen MR) is 250 cm³/mol. The van der Waals surface area contributed by atoms with Crippen molar-refractivity contribution in [3.8, 4) is 11.1 Å². The molecule has 67 heavy (non-hydrogen) atoms. The molecular weight excluding hydrogens is 907 g/mol. The van der Waals surface area contributed by atoms with Crippen LogP contribution in [0.3, 0.4) is 0 Å². The van der Waals surface area contributed by atoms with Gasteiger partial charge in [0.15, 0.2) is 17.4 Å². The maximum atomic E-state index is 14.5. The fraction of sp³-hybridized carbons (Fsp3) is 0.383. The van der Waals surface area contributed by atoms with Crippen LogP contribution in [-0.4, -0.2) is 157 Å². The van der Waals surface area contributed by atoms with Gasteiger partial charge in [-0.15, -0.1) is 0 Å². The molecule has 20 heteroatoms.